The minimum absolute atomic E-state index is 0.0232. The van der Waals surface area contributed by atoms with Gasteiger partial charge in [0.2, 0.25) is 5.79 Å². The Hall–Kier alpha value is -2.19. The average Bonchev–Trinajstić information content (AvgIpc) is 3.22. The van der Waals surface area contributed by atoms with Gasteiger partial charge in [0.1, 0.15) is 5.60 Å². The van der Waals surface area contributed by atoms with E-state index in [-0.39, 0.29) is 36.0 Å². The fourth-order valence-corrected chi connectivity index (χ4v) is 5.35. The normalized spacial score (nSPS) is 38.0. The van der Waals surface area contributed by atoms with Crippen LogP contribution in [-0.4, -0.2) is 52.7 Å². The van der Waals surface area contributed by atoms with E-state index in [0.717, 1.165) is 24.8 Å². The Balaban J connectivity index is 2.20. The first-order valence-corrected chi connectivity index (χ1v) is 12.3. The summed E-state index contributed by atoms with van der Waals surface area (Å²) in [5.41, 5.74) is 0.108. The highest BCUT2D eigenvalue weighted by Crippen LogP contribution is 2.46. The van der Waals surface area contributed by atoms with Crippen LogP contribution in [0.4, 0.5) is 0 Å². The van der Waals surface area contributed by atoms with Gasteiger partial charge in [-0.05, 0) is 58.8 Å². The molecule has 0 unspecified atom stereocenters. The molecule has 0 aliphatic carbocycles. The Morgan fingerprint density at radius 3 is 2.59 bits per heavy atom. The highest BCUT2D eigenvalue weighted by molar-refractivity contribution is 5.92. The van der Waals surface area contributed by atoms with E-state index in [1.54, 1.807) is 0 Å². The first-order valence-electron chi connectivity index (χ1n) is 12.3. The van der Waals surface area contributed by atoms with Crippen molar-refractivity contribution in [3.8, 4) is 0 Å². The molecule has 0 aromatic heterocycles. The van der Waals surface area contributed by atoms with Gasteiger partial charge in [-0.1, -0.05) is 25.5 Å². The maximum absolute atomic E-state index is 12.7. The zero-order valence-electron chi connectivity index (χ0n) is 21.1. The van der Waals surface area contributed by atoms with Crippen LogP contribution in [-0.2, 0) is 33.3 Å². The van der Waals surface area contributed by atoms with Gasteiger partial charge in [-0.25, -0.2) is 4.79 Å². The molecule has 34 heavy (non-hydrogen) atoms. The molecule has 0 spiro atoms. The van der Waals surface area contributed by atoms with Crippen molar-refractivity contribution in [3.63, 3.8) is 0 Å². The first-order chi connectivity index (χ1) is 15.9. The molecule has 1 N–H and O–H groups in total. The lowest BCUT2D eigenvalue weighted by Crippen LogP contribution is -2.54. The number of carbonyl (C=O) groups is 3. The second-order valence-corrected chi connectivity index (χ2v) is 10.2. The molecule has 0 aromatic rings. The Kier molecular flexibility index (Phi) is 7.92. The van der Waals surface area contributed by atoms with Gasteiger partial charge < -0.3 is 24.1 Å². The average molecular weight is 479 g/mol. The zero-order chi connectivity index (χ0) is 25.3. The van der Waals surface area contributed by atoms with Crippen molar-refractivity contribution in [2.24, 2.45) is 5.92 Å². The molecule has 0 radical (unpaired) electrons. The molecular formula is C26H38O8. The SMILES string of the molecule is CCCC(=O)O[C@@H]1C2=C(C)C(=O)O[C@@]2(O)C/C(C)=C/CC[C@@H](C)[C@@H]2CC[C@@](C)(O2)[C@H]1OC(C)=O. The van der Waals surface area contributed by atoms with Crippen LogP contribution in [0.25, 0.3) is 0 Å². The predicted octanol–water partition coefficient (Wildman–Crippen LogP) is 3.90. The number of fused-ring (bicyclic) bond motifs is 3. The molecule has 2 bridgehead atoms. The summed E-state index contributed by atoms with van der Waals surface area (Å²) < 4.78 is 23.6. The van der Waals surface area contributed by atoms with Crippen molar-refractivity contribution in [1.82, 2.24) is 0 Å². The van der Waals surface area contributed by atoms with Gasteiger partial charge in [0, 0.05) is 25.3 Å². The number of allylic oxidation sites excluding steroid dienone is 1. The number of carbonyl (C=O) groups excluding carboxylic acids is 3. The Labute approximate surface area is 201 Å². The van der Waals surface area contributed by atoms with Crippen LogP contribution in [0.3, 0.4) is 0 Å². The van der Waals surface area contributed by atoms with Crippen molar-refractivity contribution in [3.05, 3.63) is 22.8 Å². The standard InChI is InChI=1S/C26H38O8/c1-7-9-20(28)32-22-21-17(4)24(29)34-26(21,30)14-15(2)10-8-11-16(3)19-12-13-25(6,33-19)23(22)31-18(5)27/h10,16,19,22-23,30H,7-9,11-14H2,1-6H3/b15-10+/t16-,19+,22-,23+,25-,26+/m1/s1. The number of ether oxygens (including phenoxy) is 4. The largest absolute Gasteiger partial charge is 0.455 e. The number of aliphatic hydroxyl groups is 1. The monoisotopic (exact) mass is 478 g/mol. The summed E-state index contributed by atoms with van der Waals surface area (Å²) in [6.07, 6.45) is 3.36. The van der Waals surface area contributed by atoms with Crippen LogP contribution < -0.4 is 0 Å². The van der Waals surface area contributed by atoms with Gasteiger partial charge in [-0.3, -0.25) is 9.59 Å². The van der Waals surface area contributed by atoms with E-state index in [4.69, 9.17) is 18.9 Å². The summed E-state index contributed by atoms with van der Waals surface area (Å²) in [6.45, 7) is 10.5. The number of esters is 3. The fraction of sp³-hybridized carbons (Fsp3) is 0.731. The van der Waals surface area contributed by atoms with Gasteiger partial charge in [-0.15, -0.1) is 0 Å². The molecular weight excluding hydrogens is 440 g/mol. The van der Waals surface area contributed by atoms with E-state index in [9.17, 15) is 19.5 Å². The van der Waals surface area contributed by atoms with Gasteiger partial charge >= 0.3 is 17.9 Å². The third-order valence-electron chi connectivity index (χ3n) is 7.17. The molecule has 3 heterocycles. The Morgan fingerprint density at radius 2 is 1.94 bits per heavy atom. The highest BCUT2D eigenvalue weighted by atomic mass is 16.7. The lowest BCUT2D eigenvalue weighted by Gasteiger charge is -2.40. The summed E-state index contributed by atoms with van der Waals surface area (Å²) >= 11 is 0. The fourth-order valence-electron chi connectivity index (χ4n) is 5.35. The Bertz CT molecular complexity index is 889. The van der Waals surface area contributed by atoms with Crippen LogP contribution in [0.5, 0.6) is 0 Å². The van der Waals surface area contributed by atoms with Crippen LogP contribution in [0.15, 0.2) is 22.8 Å². The number of hydrogen-bond acceptors (Lipinski definition) is 8. The van der Waals surface area contributed by atoms with E-state index in [2.05, 4.69) is 6.92 Å². The molecule has 190 valence electrons. The summed E-state index contributed by atoms with van der Waals surface area (Å²) in [7, 11) is 0. The van der Waals surface area contributed by atoms with E-state index >= 15 is 0 Å². The lowest BCUT2D eigenvalue weighted by molar-refractivity contribution is -0.206. The highest BCUT2D eigenvalue weighted by Gasteiger charge is 2.57. The summed E-state index contributed by atoms with van der Waals surface area (Å²) in [5.74, 6) is -3.55. The van der Waals surface area contributed by atoms with E-state index < -0.39 is 41.5 Å². The van der Waals surface area contributed by atoms with Crippen LogP contribution in [0.1, 0.15) is 86.5 Å². The minimum atomic E-state index is -2.02. The predicted molar refractivity (Wildman–Crippen MR) is 123 cm³/mol. The Morgan fingerprint density at radius 1 is 1.24 bits per heavy atom. The second kappa shape index (κ2) is 10.2. The topological polar surface area (TPSA) is 108 Å². The zero-order valence-corrected chi connectivity index (χ0v) is 21.1. The van der Waals surface area contributed by atoms with Gasteiger partial charge in [0.25, 0.3) is 0 Å². The van der Waals surface area contributed by atoms with Crippen molar-refractivity contribution in [2.75, 3.05) is 0 Å². The van der Waals surface area contributed by atoms with E-state index in [0.29, 0.717) is 12.8 Å². The summed E-state index contributed by atoms with van der Waals surface area (Å²) in [4.78, 5) is 37.6. The molecule has 3 rings (SSSR count). The van der Waals surface area contributed by atoms with Crippen molar-refractivity contribution >= 4 is 17.9 Å². The smallest absolute Gasteiger partial charge is 0.336 e. The van der Waals surface area contributed by atoms with Gasteiger partial charge in [0.15, 0.2) is 12.2 Å². The van der Waals surface area contributed by atoms with Gasteiger partial charge in [-0.2, -0.15) is 0 Å². The molecule has 0 aromatic carbocycles. The molecule has 8 heteroatoms. The first kappa shape index (κ1) is 26.4. The molecule has 8 nitrogen and oxygen atoms in total. The van der Waals surface area contributed by atoms with Crippen molar-refractivity contribution < 1.29 is 38.4 Å². The molecule has 3 aliphatic heterocycles. The van der Waals surface area contributed by atoms with E-state index in [1.807, 2.05) is 26.8 Å². The molecule has 1 fully saturated rings. The van der Waals surface area contributed by atoms with E-state index in [1.165, 1.54) is 13.8 Å². The van der Waals surface area contributed by atoms with Crippen LogP contribution >= 0.6 is 0 Å². The quantitative estimate of drug-likeness (QED) is 0.368. The second-order valence-electron chi connectivity index (χ2n) is 10.2. The molecule has 3 aliphatic rings. The van der Waals surface area contributed by atoms with Crippen molar-refractivity contribution in [1.29, 1.82) is 0 Å². The van der Waals surface area contributed by atoms with Crippen LogP contribution in [0, 0.1) is 5.92 Å². The maximum atomic E-state index is 12.7. The summed E-state index contributed by atoms with van der Waals surface area (Å²) in [5, 5.41) is 11.6. The molecule has 1 saturated heterocycles. The third kappa shape index (κ3) is 5.38. The molecule has 0 amide bonds. The van der Waals surface area contributed by atoms with Crippen LogP contribution in [0.2, 0.25) is 0 Å². The minimum Gasteiger partial charge on any atom is -0.455 e. The lowest BCUT2D eigenvalue weighted by atomic mass is 9.82. The number of rotatable bonds is 4. The van der Waals surface area contributed by atoms with Crippen molar-refractivity contribution in [2.45, 2.75) is 116 Å². The number of hydrogen-bond donors (Lipinski definition) is 1. The molecule has 6 atom stereocenters. The molecule has 0 saturated carbocycles. The summed E-state index contributed by atoms with van der Waals surface area (Å²) in [6, 6.07) is 0. The maximum Gasteiger partial charge on any atom is 0.336 e. The third-order valence-corrected chi connectivity index (χ3v) is 7.17. The van der Waals surface area contributed by atoms with Gasteiger partial charge in [0.05, 0.1) is 11.7 Å².